The van der Waals surface area contributed by atoms with Gasteiger partial charge in [-0.15, -0.1) is 0 Å². The van der Waals surface area contributed by atoms with E-state index in [2.05, 4.69) is 5.32 Å². The Kier molecular flexibility index (Phi) is 5.12. The molecule has 1 amide bonds. The van der Waals surface area contributed by atoms with Gasteiger partial charge < -0.3 is 15.5 Å². The number of hydrogen-bond acceptors (Lipinski definition) is 3. The summed E-state index contributed by atoms with van der Waals surface area (Å²) in [4.78, 5) is 12.3. The molecule has 3 N–H and O–H groups in total. The van der Waals surface area contributed by atoms with Crippen molar-refractivity contribution in [2.75, 3.05) is 5.32 Å². The maximum atomic E-state index is 12.3. The van der Waals surface area contributed by atoms with E-state index in [1.54, 1.807) is 6.07 Å². The monoisotopic (exact) mass is 305 g/mol. The molecule has 1 aliphatic carbocycles. The standard InChI is InChI=1S/C18H27NO3/c1-12(2)14-10-15(13(3)9-16(14)20)19-17(21)11-18(22)7-5-4-6-8-18/h9-10,12,20,22H,4-8,11H2,1-3H3,(H,19,21). The van der Waals surface area contributed by atoms with Crippen molar-refractivity contribution in [3.05, 3.63) is 23.3 Å². The molecule has 2 rings (SSSR count). The third kappa shape index (κ3) is 4.01. The Labute approximate surface area is 132 Å². The van der Waals surface area contributed by atoms with Crippen LogP contribution in [0.25, 0.3) is 0 Å². The van der Waals surface area contributed by atoms with E-state index in [1.807, 2.05) is 26.8 Å². The summed E-state index contributed by atoms with van der Waals surface area (Å²) in [6.07, 6.45) is 4.65. The van der Waals surface area contributed by atoms with Crippen LogP contribution in [0.2, 0.25) is 0 Å². The quantitative estimate of drug-likeness (QED) is 0.740. The molecule has 0 spiro atoms. The molecule has 0 atom stereocenters. The summed E-state index contributed by atoms with van der Waals surface area (Å²) in [6.45, 7) is 5.86. The van der Waals surface area contributed by atoms with Crippen LogP contribution in [0.15, 0.2) is 12.1 Å². The van der Waals surface area contributed by atoms with Gasteiger partial charge in [-0.1, -0.05) is 33.1 Å². The fourth-order valence-electron chi connectivity index (χ4n) is 3.19. The zero-order valence-corrected chi connectivity index (χ0v) is 13.8. The number of phenolic OH excluding ortho intramolecular Hbond substituents is 1. The Morgan fingerprint density at radius 1 is 1.27 bits per heavy atom. The molecular formula is C18H27NO3. The topological polar surface area (TPSA) is 69.6 Å². The molecule has 1 saturated carbocycles. The number of anilines is 1. The van der Waals surface area contributed by atoms with Crippen LogP contribution in [-0.2, 0) is 4.79 Å². The highest BCUT2D eigenvalue weighted by molar-refractivity contribution is 5.92. The van der Waals surface area contributed by atoms with Crippen molar-refractivity contribution in [1.82, 2.24) is 0 Å². The van der Waals surface area contributed by atoms with E-state index in [0.717, 1.165) is 30.4 Å². The van der Waals surface area contributed by atoms with Crippen LogP contribution in [0.1, 0.15) is 69.4 Å². The first-order valence-electron chi connectivity index (χ1n) is 8.16. The van der Waals surface area contributed by atoms with E-state index in [-0.39, 0.29) is 24.0 Å². The van der Waals surface area contributed by atoms with Crippen LogP contribution in [-0.4, -0.2) is 21.7 Å². The molecule has 0 radical (unpaired) electrons. The molecule has 122 valence electrons. The first-order valence-corrected chi connectivity index (χ1v) is 8.16. The number of hydrogen-bond donors (Lipinski definition) is 3. The molecule has 1 aromatic carbocycles. The highest BCUT2D eigenvalue weighted by Crippen LogP contribution is 2.33. The molecule has 0 aliphatic heterocycles. The maximum absolute atomic E-state index is 12.3. The van der Waals surface area contributed by atoms with Gasteiger partial charge in [-0.05, 0) is 48.9 Å². The van der Waals surface area contributed by atoms with Gasteiger partial charge in [-0.25, -0.2) is 0 Å². The predicted octanol–water partition coefficient (Wildman–Crippen LogP) is 3.85. The van der Waals surface area contributed by atoms with Crippen molar-refractivity contribution in [3.63, 3.8) is 0 Å². The van der Waals surface area contributed by atoms with E-state index >= 15 is 0 Å². The minimum Gasteiger partial charge on any atom is -0.508 e. The van der Waals surface area contributed by atoms with Crippen LogP contribution >= 0.6 is 0 Å². The summed E-state index contributed by atoms with van der Waals surface area (Å²) < 4.78 is 0. The number of aromatic hydroxyl groups is 1. The minimum atomic E-state index is -0.853. The summed E-state index contributed by atoms with van der Waals surface area (Å²) in [5, 5.41) is 23.3. The molecule has 0 aromatic heterocycles. The highest BCUT2D eigenvalue weighted by atomic mass is 16.3. The van der Waals surface area contributed by atoms with Gasteiger partial charge in [0.1, 0.15) is 5.75 Å². The molecule has 1 aromatic rings. The summed E-state index contributed by atoms with van der Waals surface area (Å²) in [6, 6.07) is 3.51. The van der Waals surface area contributed by atoms with Crippen LogP contribution in [0.4, 0.5) is 5.69 Å². The van der Waals surface area contributed by atoms with Crippen LogP contribution in [0, 0.1) is 6.92 Å². The summed E-state index contributed by atoms with van der Waals surface area (Å²) in [5.74, 6) is 0.281. The predicted molar refractivity (Wildman–Crippen MR) is 88.2 cm³/mol. The zero-order chi connectivity index (χ0) is 16.3. The number of aliphatic hydroxyl groups is 1. The van der Waals surface area contributed by atoms with E-state index < -0.39 is 5.60 Å². The van der Waals surface area contributed by atoms with Gasteiger partial charge >= 0.3 is 0 Å². The fourth-order valence-corrected chi connectivity index (χ4v) is 3.19. The van der Waals surface area contributed by atoms with Gasteiger partial charge in [0, 0.05) is 5.69 Å². The molecule has 4 nitrogen and oxygen atoms in total. The first kappa shape index (κ1) is 16.8. The largest absolute Gasteiger partial charge is 0.508 e. The maximum Gasteiger partial charge on any atom is 0.227 e. The Balaban J connectivity index is 2.09. The van der Waals surface area contributed by atoms with Crippen molar-refractivity contribution < 1.29 is 15.0 Å². The van der Waals surface area contributed by atoms with Crippen molar-refractivity contribution in [2.24, 2.45) is 0 Å². The third-order valence-electron chi connectivity index (χ3n) is 4.54. The SMILES string of the molecule is Cc1cc(O)c(C(C)C)cc1NC(=O)CC1(O)CCCCC1. The van der Waals surface area contributed by atoms with Gasteiger partial charge in [0.15, 0.2) is 0 Å². The number of amides is 1. The Morgan fingerprint density at radius 2 is 1.91 bits per heavy atom. The van der Waals surface area contributed by atoms with Gasteiger partial charge in [-0.2, -0.15) is 0 Å². The van der Waals surface area contributed by atoms with E-state index in [9.17, 15) is 15.0 Å². The lowest BCUT2D eigenvalue weighted by Gasteiger charge is -2.31. The number of phenols is 1. The van der Waals surface area contributed by atoms with Gasteiger partial charge in [0.2, 0.25) is 5.91 Å². The number of carbonyl (C=O) groups is 1. The molecule has 0 bridgehead atoms. The number of benzene rings is 1. The average Bonchev–Trinajstić information content (AvgIpc) is 2.41. The Morgan fingerprint density at radius 3 is 2.50 bits per heavy atom. The number of carbonyl (C=O) groups excluding carboxylic acids is 1. The van der Waals surface area contributed by atoms with E-state index in [1.165, 1.54) is 0 Å². The first-order chi connectivity index (χ1) is 10.3. The average molecular weight is 305 g/mol. The second-order valence-corrected chi connectivity index (χ2v) is 6.89. The molecule has 1 fully saturated rings. The van der Waals surface area contributed by atoms with E-state index in [4.69, 9.17) is 0 Å². The number of rotatable bonds is 4. The van der Waals surface area contributed by atoms with Crippen LogP contribution in [0.3, 0.4) is 0 Å². The second kappa shape index (κ2) is 6.69. The normalized spacial score (nSPS) is 17.5. The zero-order valence-electron chi connectivity index (χ0n) is 13.8. The van der Waals surface area contributed by atoms with Crippen LogP contribution < -0.4 is 5.32 Å². The van der Waals surface area contributed by atoms with Gasteiger partial charge in [0.05, 0.1) is 12.0 Å². The second-order valence-electron chi connectivity index (χ2n) is 6.89. The summed E-state index contributed by atoms with van der Waals surface area (Å²) >= 11 is 0. The number of nitrogens with one attached hydrogen (secondary N) is 1. The third-order valence-corrected chi connectivity index (χ3v) is 4.54. The van der Waals surface area contributed by atoms with Crippen molar-refractivity contribution in [2.45, 2.75) is 70.8 Å². The lowest BCUT2D eigenvalue weighted by molar-refractivity contribution is -0.122. The summed E-state index contributed by atoms with van der Waals surface area (Å²) in [7, 11) is 0. The molecule has 0 saturated heterocycles. The van der Waals surface area contributed by atoms with E-state index in [0.29, 0.717) is 18.5 Å². The van der Waals surface area contributed by atoms with Gasteiger partial charge in [0.25, 0.3) is 0 Å². The molecule has 1 aliphatic rings. The minimum absolute atomic E-state index is 0.143. The molecule has 4 heteroatoms. The summed E-state index contributed by atoms with van der Waals surface area (Å²) in [5.41, 5.74) is 1.50. The van der Waals surface area contributed by atoms with Crippen molar-refractivity contribution in [1.29, 1.82) is 0 Å². The lowest BCUT2D eigenvalue weighted by atomic mass is 9.82. The lowest BCUT2D eigenvalue weighted by Crippen LogP contribution is -2.36. The van der Waals surface area contributed by atoms with Crippen molar-refractivity contribution >= 4 is 11.6 Å². The number of aryl methyl sites for hydroxylation is 1. The Bertz CT molecular complexity index is 546. The molecule has 0 heterocycles. The molecule has 0 unspecified atom stereocenters. The highest BCUT2D eigenvalue weighted by Gasteiger charge is 2.31. The smallest absolute Gasteiger partial charge is 0.227 e. The molecular weight excluding hydrogens is 278 g/mol. The fraction of sp³-hybridized carbons (Fsp3) is 0.611. The Hall–Kier alpha value is -1.55. The van der Waals surface area contributed by atoms with Crippen molar-refractivity contribution in [3.8, 4) is 5.75 Å². The van der Waals surface area contributed by atoms with Gasteiger partial charge in [-0.3, -0.25) is 4.79 Å². The molecule has 22 heavy (non-hydrogen) atoms. The van der Waals surface area contributed by atoms with Crippen LogP contribution in [0.5, 0.6) is 5.75 Å².